The number of methoxy groups -OCH3 is 4. The van der Waals surface area contributed by atoms with Crippen LogP contribution < -0.4 is 19.3 Å². The van der Waals surface area contributed by atoms with E-state index in [-0.39, 0.29) is 57.3 Å². The molecular formula is C35H40N2O12. The Bertz CT molecular complexity index is 1560. The molecule has 49 heavy (non-hydrogen) atoms. The van der Waals surface area contributed by atoms with Crippen LogP contribution in [0.2, 0.25) is 0 Å². The molecule has 0 N–H and O–H groups in total. The number of hydrogen-bond acceptors (Lipinski definition) is 14. The smallest absolute Gasteiger partial charge is 0.338 e. The maximum atomic E-state index is 13.0. The first-order chi connectivity index (χ1) is 23.6. The third kappa shape index (κ3) is 11.8. The van der Waals surface area contributed by atoms with Gasteiger partial charge in [-0.2, -0.15) is 0 Å². The monoisotopic (exact) mass is 680 g/mol. The van der Waals surface area contributed by atoms with Crippen molar-refractivity contribution < 1.29 is 57.1 Å². The average Bonchev–Trinajstić information content (AvgIpc) is 3.11. The van der Waals surface area contributed by atoms with Crippen LogP contribution in [0.1, 0.15) is 21.5 Å². The van der Waals surface area contributed by atoms with Crippen LogP contribution in [0.5, 0.6) is 11.5 Å². The van der Waals surface area contributed by atoms with Crippen molar-refractivity contribution in [3.8, 4) is 11.5 Å². The van der Waals surface area contributed by atoms with Crippen molar-refractivity contribution in [3.63, 3.8) is 0 Å². The molecule has 0 saturated carbocycles. The van der Waals surface area contributed by atoms with Gasteiger partial charge in [-0.05, 0) is 48.4 Å². The van der Waals surface area contributed by atoms with Crippen molar-refractivity contribution in [1.82, 2.24) is 0 Å². The Kier molecular flexibility index (Phi) is 14.7. The molecule has 0 fully saturated rings. The van der Waals surface area contributed by atoms with Crippen molar-refractivity contribution in [2.45, 2.75) is 13.5 Å². The highest BCUT2D eigenvalue weighted by atomic mass is 16.5. The zero-order valence-electron chi connectivity index (χ0n) is 28.1. The number of rotatable bonds is 18. The lowest BCUT2D eigenvalue weighted by Crippen LogP contribution is -2.36. The molecule has 14 heteroatoms. The fourth-order valence-corrected chi connectivity index (χ4v) is 4.46. The lowest BCUT2D eigenvalue weighted by molar-refractivity contribution is -0.141. The standard InChI is InChI=1S/C35H40N2O12/c1-24-11-13-27(36(19-31(38)43-2)20-32(39)44-3)29(17-24)47-15-16-48-30-18-26(35(42)49-23-25-9-7-6-8-10-25)12-14-28(30)37(21-33(40)45-4)22-34(41)46-5/h6-14,17-18H,15-16,19-23H2,1-5H3. The third-order valence-electron chi connectivity index (χ3n) is 6.99. The predicted octanol–water partition coefficient (Wildman–Crippen LogP) is 3.11. The number of hydrogen-bond donors (Lipinski definition) is 0. The summed E-state index contributed by atoms with van der Waals surface area (Å²) in [5, 5.41) is 0. The maximum absolute atomic E-state index is 13.0. The Hall–Kier alpha value is -5.79. The number of aryl methyl sites for hydroxylation is 1. The molecule has 3 aromatic rings. The number of benzene rings is 3. The molecule has 0 saturated heterocycles. The molecule has 0 atom stereocenters. The van der Waals surface area contributed by atoms with Gasteiger partial charge in [0.2, 0.25) is 0 Å². The molecule has 0 heterocycles. The van der Waals surface area contributed by atoms with E-state index in [9.17, 15) is 24.0 Å². The molecule has 0 aliphatic carbocycles. The van der Waals surface area contributed by atoms with Gasteiger partial charge in [0.05, 0.1) is 45.4 Å². The topological polar surface area (TPSA) is 156 Å². The minimum atomic E-state index is -0.625. The van der Waals surface area contributed by atoms with E-state index in [1.165, 1.54) is 56.4 Å². The zero-order chi connectivity index (χ0) is 35.8. The van der Waals surface area contributed by atoms with Crippen LogP contribution in [0.4, 0.5) is 11.4 Å². The van der Waals surface area contributed by atoms with Crippen LogP contribution in [0.3, 0.4) is 0 Å². The van der Waals surface area contributed by atoms with Gasteiger partial charge < -0.3 is 43.0 Å². The minimum absolute atomic E-state index is 0.0309. The molecule has 0 amide bonds. The Labute approximate surface area is 284 Å². The second-order valence-corrected chi connectivity index (χ2v) is 10.4. The highest BCUT2D eigenvalue weighted by molar-refractivity contribution is 5.91. The minimum Gasteiger partial charge on any atom is -0.488 e. The maximum Gasteiger partial charge on any atom is 0.338 e. The zero-order valence-corrected chi connectivity index (χ0v) is 28.1. The summed E-state index contributed by atoms with van der Waals surface area (Å²) in [7, 11) is 4.92. The van der Waals surface area contributed by atoms with Gasteiger partial charge in [0.15, 0.2) is 0 Å². The van der Waals surface area contributed by atoms with Gasteiger partial charge in [-0.25, -0.2) is 4.79 Å². The Morgan fingerprint density at radius 1 is 0.571 bits per heavy atom. The van der Waals surface area contributed by atoms with Crippen molar-refractivity contribution in [2.75, 3.05) is 77.6 Å². The summed E-state index contributed by atoms with van der Waals surface area (Å²) in [5.74, 6) is -2.51. The molecule has 262 valence electrons. The lowest BCUT2D eigenvalue weighted by atomic mass is 10.1. The molecule has 0 radical (unpaired) electrons. The predicted molar refractivity (Wildman–Crippen MR) is 177 cm³/mol. The van der Waals surface area contributed by atoms with Gasteiger partial charge in [0.25, 0.3) is 0 Å². The number of ether oxygens (including phenoxy) is 7. The summed E-state index contributed by atoms with van der Waals surface area (Å²) in [6.45, 7) is 0.673. The molecule has 3 aromatic carbocycles. The second kappa shape index (κ2) is 19.1. The Morgan fingerprint density at radius 3 is 1.49 bits per heavy atom. The van der Waals surface area contributed by atoms with E-state index in [1.54, 1.807) is 18.2 Å². The summed E-state index contributed by atoms with van der Waals surface area (Å²) in [5.41, 5.74) is 2.55. The van der Waals surface area contributed by atoms with Crippen molar-refractivity contribution in [3.05, 3.63) is 83.4 Å². The first-order valence-electron chi connectivity index (χ1n) is 15.1. The molecule has 0 unspecified atom stereocenters. The summed E-state index contributed by atoms with van der Waals surface area (Å²) in [6, 6.07) is 18.9. The summed E-state index contributed by atoms with van der Waals surface area (Å²) in [4.78, 5) is 64.7. The van der Waals surface area contributed by atoms with Crippen LogP contribution in [-0.4, -0.2) is 97.7 Å². The van der Waals surface area contributed by atoms with Crippen LogP contribution >= 0.6 is 0 Å². The van der Waals surface area contributed by atoms with E-state index in [2.05, 4.69) is 0 Å². The van der Waals surface area contributed by atoms with Crippen molar-refractivity contribution in [1.29, 1.82) is 0 Å². The molecule has 0 aliphatic heterocycles. The Morgan fingerprint density at radius 2 is 1.02 bits per heavy atom. The highest BCUT2D eigenvalue weighted by Crippen LogP contribution is 2.32. The largest absolute Gasteiger partial charge is 0.488 e. The molecule has 3 rings (SSSR count). The van der Waals surface area contributed by atoms with Gasteiger partial charge in [-0.15, -0.1) is 0 Å². The normalized spacial score (nSPS) is 10.3. The van der Waals surface area contributed by atoms with E-state index in [1.807, 2.05) is 37.3 Å². The van der Waals surface area contributed by atoms with Crippen LogP contribution in [0.25, 0.3) is 0 Å². The number of carbonyl (C=O) groups is 5. The van der Waals surface area contributed by atoms with Gasteiger partial charge in [-0.3, -0.25) is 19.2 Å². The quantitative estimate of drug-likeness (QED) is 0.110. The fourth-order valence-electron chi connectivity index (χ4n) is 4.46. The average molecular weight is 681 g/mol. The summed E-state index contributed by atoms with van der Waals surface area (Å²) < 4.78 is 36.8. The molecule has 0 spiro atoms. The molecular weight excluding hydrogens is 640 g/mol. The molecule has 0 aromatic heterocycles. The van der Waals surface area contributed by atoms with E-state index in [0.29, 0.717) is 17.1 Å². The van der Waals surface area contributed by atoms with Crippen molar-refractivity contribution in [2.24, 2.45) is 0 Å². The number of anilines is 2. The summed E-state index contributed by atoms with van der Waals surface area (Å²) >= 11 is 0. The van der Waals surface area contributed by atoms with E-state index < -0.39 is 29.8 Å². The van der Waals surface area contributed by atoms with Gasteiger partial charge >= 0.3 is 29.8 Å². The summed E-state index contributed by atoms with van der Waals surface area (Å²) in [6.07, 6.45) is 0. The van der Waals surface area contributed by atoms with Gasteiger partial charge in [-0.1, -0.05) is 36.4 Å². The van der Waals surface area contributed by atoms with Gasteiger partial charge in [0.1, 0.15) is 57.5 Å². The van der Waals surface area contributed by atoms with E-state index in [0.717, 1.165) is 11.1 Å². The van der Waals surface area contributed by atoms with E-state index in [4.69, 9.17) is 33.2 Å². The fraction of sp³-hybridized carbons (Fsp3) is 0.343. The number of nitrogens with zero attached hydrogens (tertiary/aromatic N) is 2. The SMILES string of the molecule is COC(=O)CN(CC(=O)OC)c1ccc(C)cc1OCCOc1cc(C(=O)OCc2ccccc2)ccc1N(CC(=O)OC)CC(=O)OC. The number of carbonyl (C=O) groups excluding carboxylic acids is 5. The lowest BCUT2D eigenvalue weighted by Gasteiger charge is -2.26. The molecule has 14 nitrogen and oxygen atoms in total. The molecule has 0 aliphatic rings. The molecule has 0 bridgehead atoms. The highest BCUT2D eigenvalue weighted by Gasteiger charge is 2.23. The first kappa shape index (κ1) is 37.7. The Balaban J connectivity index is 1.87. The second-order valence-electron chi connectivity index (χ2n) is 10.4. The first-order valence-corrected chi connectivity index (χ1v) is 15.1. The van der Waals surface area contributed by atoms with Crippen LogP contribution in [0, 0.1) is 6.92 Å². The van der Waals surface area contributed by atoms with Crippen molar-refractivity contribution >= 4 is 41.2 Å². The van der Waals surface area contributed by atoms with Crippen LogP contribution in [0.15, 0.2) is 66.7 Å². The van der Waals surface area contributed by atoms with Crippen LogP contribution in [-0.2, 0) is 49.5 Å². The van der Waals surface area contributed by atoms with Gasteiger partial charge in [0, 0.05) is 0 Å². The third-order valence-corrected chi connectivity index (χ3v) is 6.99. The van der Waals surface area contributed by atoms with E-state index >= 15 is 0 Å². The number of esters is 5.